The maximum atomic E-state index is 13.3. The van der Waals surface area contributed by atoms with Crippen molar-refractivity contribution in [3.05, 3.63) is 308 Å². The van der Waals surface area contributed by atoms with Gasteiger partial charge in [0.05, 0.1) is 19.8 Å². The van der Waals surface area contributed by atoms with Gasteiger partial charge in [0.25, 0.3) is 5.91 Å². The summed E-state index contributed by atoms with van der Waals surface area (Å²) in [5.41, 5.74) is 22.4. The van der Waals surface area contributed by atoms with E-state index in [1.54, 1.807) is 63.8 Å². The molecule has 0 radical (unpaired) electrons. The van der Waals surface area contributed by atoms with Crippen LogP contribution >= 0.6 is 73.9 Å². The number of rotatable bonds is 15. The van der Waals surface area contributed by atoms with E-state index in [0.29, 0.717) is 114 Å². The van der Waals surface area contributed by atoms with Gasteiger partial charge < -0.3 is 73.7 Å². The van der Waals surface area contributed by atoms with Gasteiger partial charge in [0.1, 0.15) is 29.9 Å². The van der Waals surface area contributed by atoms with Crippen molar-refractivity contribution in [2.24, 2.45) is 5.92 Å². The largest absolute Gasteiger partial charge is 0.450 e. The molecule has 35 heteroatoms. The molecule has 762 valence electrons. The number of anilines is 2. The number of nitrogens with zero attached hydrogens (tertiary/aromatic N) is 14. The van der Waals surface area contributed by atoms with Gasteiger partial charge in [0.15, 0.2) is 0 Å². The number of ether oxygens (including phenoxy) is 4. The summed E-state index contributed by atoms with van der Waals surface area (Å²) in [5.74, 6) is 2.28. The van der Waals surface area contributed by atoms with Crippen molar-refractivity contribution in [3.8, 4) is 5.75 Å². The number of piperazine rings is 2. The summed E-state index contributed by atoms with van der Waals surface area (Å²) in [6.45, 7) is 26.1. The molecule has 146 heavy (non-hydrogen) atoms. The van der Waals surface area contributed by atoms with Gasteiger partial charge in [-0.3, -0.25) is 29.3 Å². The minimum absolute atomic E-state index is 0.0548. The Balaban J connectivity index is 0.000000121. The average Bonchev–Trinajstić information content (AvgIpc) is 1.60. The van der Waals surface area contributed by atoms with Gasteiger partial charge in [0.2, 0.25) is 11.9 Å². The first-order valence-electron chi connectivity index (χ1n) is 50.0. The van der Waals surface area contributed by atoms with E-state index >= 15 is 0 Å². The number of hydrogen-bond acceptors (Lipinski definition) is 19. The number of amides is 5. The van der Waals surface area contributed by atoms with Gasteiger partial charge >= 0.3 is 24.4 Å². The Morgan fingerprint density at radius 2 is 0.747 bits per heavy atom. The summed E-state index contributed by atoms with van der Waals surface area (Å²) in [6, 6.07) is 52.1. The highest BCUT2D eigenvalue weighted by Gasteiger charge is 2.42. The number of aromatic amines is 5. The monoisotopic (exact) mass is 2130 g/mol. The number of H-pyrrole nitrogens is 5. The molecule has 0 aliphatic carbocycles. The number of benzene rings is 8. The van der Waals surface area contributed by atoms with Gasteiger partial charge in [-0.2, -0.15) is 0 Å². The number of nitrogens with one attached hydrogen (secondary N) is 6. The Bertz CT molecular complexity index is 7210. The van der Waals surface area contributed by atoms with Crippen molar-refractivity contribution in [2.45, 2.75) is 110 Å². The molecule has 2 saturated heterocycles. The lowest BCUT2D eigenvalue weighted by atomic mass is 9.92. The zero-order chi connectivity index (χ0) is 102. The van der Waals surface area contributed by atoms with Crippen molar-refractivity contribution in [1.82, 2.24) is 89.4 Å². The molecule has 5 amide bonds. The summed E-state index contributed by atoms with van der Waals surface area (Å²) in [5, 5.41) is 12.8. The maximum Gasteiger partial charge on any atom is 0.416 e. The van der Waals surface area contributed by atoms with Crippen LogP contribution in [-0.2, 0) is 52.9 Å². The van der Waals surface area contributed by atoms with E-state index in [2.05, 4.69) is 163 Å². The average molecular weight is 2140 g/mol. The molecule has 15 aromatic rings. The second-order valence-corrected chi connectivity index (χ2v) is 41.5. The minimum Gasteiger partial charge on any atom is -0.450 e. The maximum absolute atomic E-state index is 13.3. The SMILES string of the molecule is CC(C)C1NCCc2c1[nH]c1ccc(Cl)cc21.CCOC(=O)N1CCc2c([nH]c3ccc(Br)cc23)C1c1ccc(CN2CCN(C)CC2)cc1.CCOC(=O)N1CCc2c([nH]c3ccc(Cl)cc23)C1c1ccc(C(=O)N2CCN(CC)CC2)cc1.CCOC(=O)N1CCc2c([nH]c3ccc(Cl)cc23)C1c1cnc(N(C)C)nc1.CN(C)c1ncc(C2c3[nH]c4ccc(Cl)cc4c3CCN2C(=O)Oc2ccc(Cl)cc2)cn1. The molecule has 8 aromatic carbocycles. The van der Waals surface area contributed by atoms with E-state index in [-0.39, 0.29) is 42.3 Å². The van der Waals surface area contributed by atoms with Crippen LogP contribution < -0.4 is 19.9 Å². The first-order chi connectivity index (χ1) is 70.6. The molecule has 5 atom stereocenters. The van der Waals surface area contributed by atoms with Crippen LogP contribution in [0.15, 0.2) is 193 Å². The first-order valence-corrected chi connectivity index (χ1v) is 52.6. The molecule has 5 unspecified atom stereocenters. The van der Waals surface area contributed by atoms with Crippen LogP contribution in [0.1, 0.15) is 166 Å². The lowest BCUT2D eigenvalue weighted by Gasteiger charge is -2.35. The third-order valence-electron chi connectivity index (χ3n) is 28.4. The Hall–Kier alpha value is -12.5. The number of hydrogen-bond donors (Lipinski definition) is 6. The van der Waals surface area contributed by atoms with E-state index < -0.39 is 12.1 Å². The molecular weight excluding hydrogens is 2010 g/mol. The lowest BCUT2D eigenvalue weighted by molar-refractivity contribution is 0.0642. The fourth-order valence-electron chi connectivity index (χ4n) is 21.0. The Morgan fingerprint density at radius 1 is 0.397 bits per heavy atom. The van der Waals surface area contributed by atoms with Crippen molar-refractivity contribution < 1.29 is 42.9 Å². The molecule has 22 rings (SSSR count). The van der Waals surface area contributed by atoms with Crippen LogP contribution in [0, 0.1) is 5.92 Å². The fraction of sp³-hybridized carbons (Fsp3) is 0.360. The number of likely N-dealkylation sites (N-methyl/N-ethyl adjacent to an activating group) is 2. The van der Waals surface area contributed by atoms with Crippen LogP contribution in [0.4, 0.5) is 31.1 Å². The molecule has 7 aliphatic rings. The molecule has 7 aliphatic heterocycles. The van der Waals surface area contributed by atoms with Gasteiger partial charge in [-0.05, 0) is 251 Å². The standard InChI is InChI=1S/C27H31ClN4O3.C26H31BrN4O2.C24H21Cl2N5O2.C20H22ClN5O2.C14H17ClN2/c1-3-30-13-15-31(16-14-30)26(33)19-7-5-18(6-8-19)25-24-21(11-12-32(25)27(34)35-4-2)22-17-20(28)9-10-23(22)29-24;1-3-33-26(32)31-11-10-21-22-16-20(27)8-9-23(22)28-24(21)25(31)19-6-4-18(5-7-19)17-30-14-12-29(2)13-15-30;1-30(2)23-27-12-14(13-28-23)22-21-18(19-11-16(26)5-8-20(19)29-21)9-10-31(22)24(32)33-17-6-3-15(25)4-7-17;1-4-28-20(27)26-8-7-14-15-9-13(21)5-6-16(15)24-17(14)18(26)12-10-22-19(23-11-12)25(2)3;1-8(2)13-14-10(5-6-16-13)11-7-9(15)3-4-12(11)17-14/h5-10,17,25,29H,3-4,11-16H2,1-2H3;4-9,16,25,28H,3,10-15,17H2,1-2H3;3-8,11-13,22,29H,9-10H2,1-2H3;5-6,9-11,18,24H,4,7-8H2,1-3H3;3-4,7-8,13,16-17H,5-6H2,1-2H3. The van der Waals surface area contributed by atoms with Crippen molar-refractivity contribution in [1.29, 1.82) is 0 Å². The van der Waals surface area contributed by atoms with E-state index in [4.69, 9.17) is 77.0 Å². The van der Waals surface area contributed by atoms with Gasteiger partial charge in [0, 0.05) is 273 Å². The molecule has 2 fully saturated rings. The minimum atomic E-state index is -0.457. The van der Waals surface area contributed by atoms with Crippen LogP contribution in [0.25, 0.3) is 54.5 Å². The highest BCUT2D eigenvalue weighted by Crippen LogP contribution is 2.46. The fourth-order valence-corrected chi connectivity index (χ4v) is 22.2. The summed E-state index contributed by atoms with van der Waals surface area (Å²) in [7, 11) is 9.72. The normalized spacial score (nSPS) is 17.8. The van der Waals surface area contributed by atoms with Crippen molar-refractivity contribution in [3.63, 3.8) is 0 Å². The van der Waals surface area contributed by atoms with Crippen molar-refractivity contribution in [2.75, 3.05) is 156 Å². The van der Waals surface area contributed by atoms with Gasteiger partial charge in [-0.1, -0.05) is 131 Å². The summed E-state index contributed by atoms with van der Waals surface area (Å²) in [6.07, 6.45) is 9.65. The summed E-state index contributed by atoms with van der Waals surface area (Å²) < 4.78 is 22.9. The molecule has 29 nitrogen and oxygen atoms in total. The van der Waals surface area contributed by atoms with Crippen LogP contribution in [0.5, 0.6) is 5.75 Å². The third kappa shape index (κ3) is 22.5. The Kier molecular flexibility index (Phi) is 32.5. The van der Waals surface area contributed by atoms with E-state index in [0.717, 1.165) is 190 Å². The third-order valence-corrected chi connectivity index (χ3v) is 30.0. The smallest absolute Gasteiger partial charge is 0.416 e. The molecule has 14 heterocycles. The topological polar surface area (TPSA) is 297 Å². The number of aromatic nitrogens is 9. The highest BCUT2D eigenvalue weighted by atomic mass is 79.9. The van der Waals surface area contributed by atoms with Crippen LogP contribution in [-0.4, -0.2) is 261 Å². The number of carbonyl (C=O) groups excluding carboxylic acids is 5. The predicted molar refractivity (Wildman–Crippen MR) is 582 cm³/mol. The van der Waals surface area contributed by atoms with E-state index in [1.807, 2.05) is 153 Å². The Labute approximate surface area is 882 Å². The van der Waals surface area contributed by atoms with Crippen LogP contribution in [0.2, 0.25) is 25.1 Å². The zero-order valence-electron chi connectivity index (χ0n) is 83.8. The number of halogens is 6. The van der Waals surface area contributed by atoms with Crippen LogP contribution in [0.3, 0.4) is 0 Å². The summed E-state index contributed by atoms with van der Waals surface area (Å²) >= 11 is 34.4. The lowest BCUT2D eigenvalue weighted by Crippen LogP contribution is -2.48. The van der Waals surface area contributed by atoms with Gasteiger partial charge in [-0.25, -0.2) is 39.1 Å². The summed E-state index contributed by atoms with van der Waals surface area (Å²) in [4.78, 5) is 120. The quantitative estimate of drug-likeness (QED) is 0.0520. The second kappa shape index (κ2) is 45.9. The molecule has 0 saturated carbocycles. The number of carbonyl (C=O) groups is 5. The first kappa shape index (κ1) is 104. The predicted octanol–water partition coefficient (Wildman–Crippen LogP) is 22.4. The number of fused-ring (bicyclic) bond motifs is 15. The van der Waals surface area contributed by atoms with Gasteiger partial charge in [-0.15, -0.1) is 0 Å². The Morgan fingerprint density at radius 3 is 1.13 bits per heavy atom. The second-order valence-electron chi connectivity index (χ2n) is 38.4. The highest BCUT2D eigenvalue weighted by molar-refractivity contribution is 9.10. The van der Waals surface area contributed by atoms with E-state index in [9.17, 15) is 24.0 Å². The zero-order valence-corrected chi connectivity index (χ0v) is 89.2. The molecule has 0 bridgehead atoms. The van der Waals surface area contributed by atoms with Crippen molar-refractivity contribution >= 4 is 171 Å². The molecular formula is C111H122BrCl5N20O9. The molecule has 0 spiro atoms. The van der Waals surface area contributed by atoms with E-state index in [1.165, 1.54) is 49.8 Å². The molecule has 6 N–H and O–H groups in total. The molecule has 7 aromatic heterocycles.